The van der Waals surface area contributed by atoms with Crippen LogP contribution in [-0.2, 0) is 0 Å². The van der Waals surface area contributed by atoms with Crippen LogP contribution < -0.4 is 5.32 Å². The Bertz CT molecular complexity index is 151. The van der Waals surface area contributed by atoms with Crippen LogP contribution in [0.5, 0.6) is 0 Å². The molecular weight excluding hydrogens is 184 g/mol. The molecule has 1 saturated heterocycles. The van der Waals surface area contributed by atoms with E-state index in [2.05, 4.69) is 10.2 Å². The van der Waals surface area contributed by atoms with Crippen molar-refractivity contribution >= 4 is 11.6 Å². The van der Waals surface area contributed by atoms with Crippen molar-refractivity contribution in [2.45, 2.75) is 12.8 Å². The van der Waals surface area contributed by atoms with E-state index in [4.69, 9.17) is 11.6 Å². The molecule has 0 radical (unpaired) electrons. The Morgan fingerprint density at radius 3 is 2.69 bits per heavy atom. The fourth-order valence-corrected chi connectivity index (χ4v) is 1.93. The highest BCUT2D eigenvalue weighted by Crippen LogP contribution is 2.15. The van der Waals surface area contributed by atoms with Crippen molar-refractivity contribution in [1.29, 1.82) is 0 Å². The van der Waals surface area contributed by atoms with Crippen molar-refractivity contribution in [3.05, 3.63) is 11.6 Å². The van der Waals surface area contributed by atoms with Gasteiger partial charge in [0.15, 0.2) is 0 Å². The SMILES string of the molecule is CNCC1CCN(CC=CCl)CC1. The summed E-state index contributed by atoms with van der Waals surface area (Å²) in [5.74, 6) is 0.876. The number of nitrogens with one attached hydrogen (secondary N) is 1. The van der Waals surface area contributed by atoms with E-state index in [1.807, 2.05) is 13.1 Å². The van der Waals surface area contributed by atoms with Crippen molar-refractivity contribution in [1.82, 2.24) is 10.2 Å². The van der Waals surface area contributed by atoms with Crippen LogP contribution in [0.3, 0.4) is 0 Å². The number of hydrogen-bond acceptors (Lipinski definition) is 2. The zero-order valence-corrected chi connectivity index (χ0v) is 9.06. The second-order valence-electron chi connectivity index (χ2n) is 3.66. The molecule has 13 heavy (non-hydrogen) atoms. The van der Waals surface area contributed by atoms with E-state index in [1.165, 1.54) is 32.5 Å². The molecule has 0 aromatic carbocycles. The topological polar surface area (TPSA) is 15.3 Å². The van der Waals surface area contributed by atoms with Crippen LogP contribution >= 0.6 is 11.6 Å². The number of piperidine rings is 1. The molecule has 2 nitrogen and oxygen atoms in total. The predicted octanol–water partition coefficient (Wildman–Crippen LogP) is 1.67. The summed E-state index contributed by atoms with van der Waals surface area (Å²) < 4.78 is 0. The number of hydrogen-bond donors (Lipinski definition) is 1. The summed E-state index contributed by atoms with van der Waals surface area (Å²) in [6.45, 7) is 4.61. The van der Waals surface area contributed by atoms with Gasteiger partial charge < -0.3 is 5.32 Å². The second kappa shape index (κ2) is 6.41. The van der Waals surface area contributed by atoms with Crippen molar-refractivity contribution in [3.63, 3.8) is 0 Å². The molecule has 76 valence electrons. The lowest BCUT2D eigenvalue weighted by Crippen LogP contribution is -2.36. The first kappa shape index (κ1) is 11.0. The third-order valence-electron chi connectivity index (χ3n) is 2.65. The van der Waals surface area contributed by atoms with Crippen molar-refractivity contribution in [2.24, 2.45) is 5.92 Å². The average Bonchev–Trinajstić information content (AvgIpc) is 2.17. The highest BCUT2D eigenvalue weighted by Gasteiger charge is 2.16. The van der Waals surface area contributed by atoms with Gasteiger partial charge in [0.25, 0.3) is 0 Å². The van der Waals surface area contributed by atoms with Gasteiger partial charge in [0.1, 0.15) is 0 Å². The van der Waals surface area contributed by atoms with Gasteiger partial charge >= 0.3 is 0 Å². The van der Waals surface area contributed by atoms with E-state index < -0.39 is 0 Å². The molecule has 0 unspecified atom stereocenters. The molecule has 0 atom stereocenters. The number of halogens is 1. The van der Waals surface area contributed by atoms with Crippen LogP contribution in [0.25, 0.3) is 0 Å². The summed E-state index contributed by atoms with van der Waals surface area (Å²) in [5, 5.41) is 3.24. The van der Waals surface area contributed by atoms with E-state index in [-0.39, 0.29) is 0 Å². The van der Waals surface area contributed by atoms with Crippen molar-refractivity contribution < 1.29 is 0 Å². The molecule has 3 heteroatoms. The Morgan fingerprint density at radius 2 is 2.15 bits per heavy atom. The van der Waals surface area contributed by atoms with Crippen LogP contribution in [0.15, 0.2) is 11.6 Å². The van der Waals surface area contributed by atoms with Gasteiger partial charge in [-0.05, 0) is 45.4 Å². The molecule has 1 aliphatic heterocycles. The molecule has 0 spiro atoms. The predicted molar refractivity (Wildman–Crippen MR) is 58.1 cm³/mol. The fraction of sp³-hybridized carbons (Fsp3) is 0.800. The first-order valence-corrected chi connectivity index (χ1v) is 5.42. The largest absolute Gasteiger partial charge is 0.319 e. The molecular formula is C10H19ClN2. The summed E-state index contributed by atoms with van der Waals surface area (Å²) in [7, 11) is 2.03. The Balaban J connectivity index is 2.14. The highest BCUT2D eigenvalue weighted by molar-refractivity contribution is 6.25. The lowest BCUT2D eigenvalue weighted by molar-refractivity contribution is 0.200. The zero-order chi connectivity index (χ0) is 9.52. The van der Waals surface area contributed by atoms with E-state index in [9.17, 15) is 0 Å². The molecule has 0 bridgehead atoms. The summed E-state index contributed by atoms with van der Waals surface area (Å²) in [5.41, 5.74) is 1.61. The zero-order valence-electron chi connectivity index (χ0n) is 8.30. The van der Waals surface area contributed by atoms with E-state index in [0.717, 1.165) is 12.5 Å². The number of nitrogens with zero attached hydrogens (tertiary/aromatic N) is 1. The summed E-state index contributed by atoms with van der Waals surface area (Å²) >= 11 is 5.48. The summed E-state index contributed by atoms with van der Waals surface area (Å²) in [6, 6.07) is 0. The van der Waals surface area contributed by atoms with Crippen molar-refractivity contribution in [2.75, 3.05) is 33.2 Å². The van der Waals surface area contributed by atoms with E-state index in [1.54, 1.807) is 5.54 Å². The number of likely N-dealkylation sites (tertiary alicyclic amines) is 1. The molecule has 1 fully saturated rings. The Morgan fingerprint density at radius 1 is 1.46 bits per heavy atom. The average molecular weight is 203 g/mol. The Hall–Kier alpha value is -0.0500. The summed E-state index contributed by atoms with van der Waals surface area (Å²) in [4.78, 5) is 2.45. The first-order chi connectivity index (χ1) is 6.36. The third-order valence-corrected chi connectivity index (χ3v) is 2.83. The van der Waals surface area contributed by atoms with Crippen LogP contribution in [0.2, 0.25) is 0 Å². The first-order valence-electron chi connectivity index (χ1n) is 4.99. The van der Waals surface area contributed by atoms with E-state index >= 15 is 0 Å². The number of rotatable bonds is 4. The molecule has 0 amide bonds. The van der Waals surface area contributed by atoms with Gasteiger partial charge in [-0.15, -0.1) is 0 Å². The van der Waals surface area contributed by atoms with Gasteiger partial charge in [-0.2, -0.15) is 0 Å². The Labute approximate surface area is 85.9 Å². The quantitative estimate of drug-likeness (QED) is 0.746. The van der Waals surface area contributed by atoms with Gasteiger partial charge in [-0.25, -0.2) is 0 Å². The minimum absolute atomic E-state index is 0.876. The van der Waals surface area contributed by atoms with Gasteiger partial charge in [-0.1, -0.05) is 17.7 Å². The smallest absolute Gasteiger partial charge is 0.0174 e. The molecule has 0 aromatic rings. The van der Waals surface area contributed by atoms with Crippen LogP contribution in [0.1, 0.15) is 12.8 Å². The lowest BCUT2D eigenvalue weighted by atomic mass is 9.97. The summed E-state index contributed by atoms with van der Waals surface area (Å²) in [6.07, 6.45) is 4.65. The van der Waals surface area contributed by atoms with Crippen LogP contribution in [0, 0.1) is 5.92 Å². The molecule has 1 N–H and O–H groups in total. The molecule has 0 aromatic heterocycles. The van der Waals surface area contributed by atoms with Gasteiger partial charge in [-0.3, -0.25) is 4.90 Å². The molecule has 1 heterocycles. The lowest BCUT2D eigenvalue weighted by Gasteiger charge is -2.30. The highest BCUT2D eigenvalue weighted by atomic mass is 35.5. The minimum Gasteiger partial charge on any atom is -0.319 e. The maximum absolute atomic E-state index is 5.48. The maximum Gasteiger partial charge on any atom is 0.0174 e. The minimum atomic E-state index is 0.876. The fourth-order valence-electron chi connectivity index (χ4n) is 1.85. The second-order valence-corrected chi connectivity index (χ2v) is 3.92. The molecule has 0 aliphatic carbocycles. The van der Waals surface area contributed by atoms with Gasteiger partial charge in [0.2, 0.25) is 0 Å². The van der Waals surface area contributed by atoms with Gasteiger partial charge in [0, 0.05) is 12.1 Å². The van der Waals surface area contributed by atoms with Crippen LogP contribution in [0.4, 0.5) is 0 Å². The maximum atomic E-state index is 5.48. The van der Waals surface area contributed by atoms with Crippen LogP contribution in [-0.4, -0.2) is 38.1 Å². The Kier molecular flexibility index (Phi) is 5.44. The monoisotopic (exact) mass is 202 g/mol. The molecule has 1 aliphatic rings. The molecule has 1 rings (SSSR count). The normalized spacial score (nSPS) is 21.4. The van der Waals surface area contributed by atoms with Crippen molar-refractivity contribution in [3.8, 4) is 0 Å². The van der Waals surface area contributed by atoms with Gasteiger partial charge in [0.05, 0.1) is 0 Å². The van der Waals surface area contributed by atoms with E-state index in [0.29, 0.717) is 0 Å². The standard InChI is InChI=1S/C10H19ClN2/c1-12-9-10-3-7-13(8-4-10)6-2-5-11/h2,5,10,12H,3-4,6-9H2,1H3. The molecule has 0 saturated carbocycles. The third kappa shape index (κ3) is 4.12.